The third-order valence-electron chi connectivity index (χ3n) is 7.61. The van der Waals surface area contributed by atoms with Crippen molar-refractivity contribution >= 4 is 23.4 Å². The summed E-state index contributed by atoms with van der Waals surface area (Å²) in [6.07, 6.45) is 4.63. The van der Waals surface area contributed by atoms with Gasteiger partial charge in [0.25, 0.3) is 0 Å². The molecule has 5 nitrogen and oxygen atoms in total. The molecule has 0 unspecified atom stereocenters. The lowest BCUT2D eigenvalue weighted by molar-refractivity contribution is -0.137. The number of aromatic nitrogens is 3. The van der Waals surface area contributed by atoms with Crippen LogP contribution in [0.5, 0.6) is 0 Å². The molecule has 2 aromatic rings. The molecule has 0 saturated heterocycles. The van der Waals surface area contributed by atoms with Crippen LogP contribution in [-0.4, -0.2) is 26.4 Å². The SMILES string of the molecule is CCn1c(CC23CC4CC(CC(C4)C2)C3)nnc1SCC(=O)Nc1cccc(C(F)(F)F)c1. The van der Waals surface area contributed by atoms with Gasteiger partial charge in [-0.1, -0.05) is 17.8 Å². The third-order valence-corrected chi connectivity index (χ3v) is 8.58. The normalized spacial score (nSPS) is 28.3. The second-order valence-electron chi connectivity index (χ2n) is 10.2. The molecule has 4 aliphatic carbocycles. The maximum Gasteiger partial charge on any atom is 0.416 e. The molecule has 1 amide bonds. The first kappa shape index (κ1) is 22.7. The average Bonchev–Trinajstić information content (AvgIpc) is 3.11. The second kappa shape index (κ2) is 8.64. The van der Waals surface area contributed by atoms with E-state index in [1.807, 2.05) is 0 Å². The minimum atomic E-state index is -4.44. The van der Waals surface area contributed by atoms with Gasteiger partial charge in [0.2, 0.25) is 5.91 Å². The first-order chi connectivity index (χ1) is 15.7. The summed E-state index contributed by atoms with van der Waals surface area (Å²) < 4.78 is 40.8. The molecule has 178 valence electrons. The predicted molar refractivity (Wildman–Crippen MR) is 121 cm³/mol. The molecule has 9 heteroatoms. The minimum absolute atomic E-state index is 0.0613. The highest BCUT2D eigenvalue weighted by Crippen LogP contribution is 2.61. The van der Waals surface area contributed by atoms with Crippen molar-refractivity contribution in [3.63, 3.8) is 0 Å². The Hall–Kier alpha value is -2.03. The Kier molecular flexibility index (Phi) is 5.95. The summed E-state index contributed by atoms with van der Waals surface area (Å²) >= 11 is 1.28. The summed E-state index contributed by atoms with van der Waals surface area (Å²) in [5.74, 6) is 3.33. The summed E-state index contributed by atoms with van der Waals surface area (Å²) in [5.41, 5.74) is -0.291. The fraction of sp³-hybridized carbons (Fsp3) is 0.625. The monoisotopic (exact) mass is 478 g/mol. The first-order valence-corrected chi connectivity index (χ1v) is 12.7. The Morgan fingerprint density at radius 3 is 2.42 bits per heavy atom. The van der Waals surface area contributed by atoms with Gasteiger partial charge in [-0.15, -0.1) is 10.2 Å². The molecule has 1 aromatic carbocycles. The van der Waals surface area contributed by atoms with Crippen LogP contribution < -0.4 is 5.32 Å². The number of anilines is 1. The van der Waals surface area contributed by atoms with Gasteiger partial charge in [-0.25, -0.2) is 0 Å². The number of amides is 1. The maximum atomic E-state index is 12.9. The van der Waals surface area contributed by atoms with E-state index in [0.29, 0.717) is 10.6 Å². The smallest absolute Gasteiger partial charge is 0.325 e. The van der Waals surface area contributed by atoms with Crippen molar-refractivity contribution in [2.75, 3.05) is 11.1 Å². The zero-order chi connectivity index (χ0) is 23.2. The van der Waals surface area contributed by atoms with Crippen LogP contribution in [0.1, 0.15) is 56.8 Å². The number of hydrogen-bond donors (Lipinski definition) is 1. The van der Waals surface area contributed by atoms with Crippen LogP contribution in [0.2, 0.25) is 0 Å². The van der Waals surface area contributed by atoms with Crippen LogP contribution in [0.15, 0.2) is 29.4 Å². The highest BCUT2D eigenvalue weighted by atomic mass is 32.2. The van der Waals surface area contributed by atoms with Crippen molar-refractivity contribution < 1.29 is 18.0 Å². The molecule has 0 radical (unpaired) electrons. The van der Waals surface area contributed by atoms with Crippen molar-refractivity contribution in [2.24, 2.45) is 23.2 Å². The van der Waals surface area contributed by atoms with Gasteiger partial charge in [-0.05, 0) is 86.8 Å². The highest BCUT2D eigenvalue weighted by molar-refractivity contribution is 7.99. The second-order valence-corrected chi connectivity index (χ2v) is 11.1. The zero-order valence-corrected chi connectivity index (χ0v) is 19.5. The number of carbonyl (C=O) groups excluding carboxylic acids is 1. The Balaban J connectivity index is 1.22. The van der Waals surface area contributed by atoms with E-state index in [1.54, 1.807) is 0 Å². The lowest BCUT2D eigenvalue weighted by Crippen LogP contribution is -2.47. The van der Waals surface area contributed by atoms with Crippen LogP contribution in [0.4, 0.5) is 18.9 Å². The Morgan fingerprint density at radius 2 is 1.82 bits per heavy atom. The van der Waals surface area contributed by atoms with E-state index >= 15 is 0 Å². The number of rotatable bonds is 7. The fourth-order valence-corrected chi connectivity index (χ4v) is 7.64. The van der Waals surface area contributed by atoms with Crippen molar-refractivity contribution in [1.29, 1.82) is 0 Å². The molecule has 33 heavy (non-hydrogen) atoms. The molecule has 0 atom stereocenters. The standard InChI is InChI=1S/C24H29F3N4OS/c1-2-31-20(13-23-10-15-6-16(11-23)8-17(7-15)12-23)29-30-22(31)33-14-21(32)28-19-5-3-4-18(9-19)24(25,26)27/h3-5,9,15-17H,2,6-8,10-14H2,1H3,(H,28,32). The molecule has 4 fully saturated rings. The lowest BCUT2D eigenvalue weighted by Gasteiger charge is -2.56. The maximum absolute atomic E-state index is 12.9. The van der Waals surface area contributed by atoms with Crippen molar-refractivity contribution in [1.82, 2.24) is 14.8 Å². The van der Waals surface area contributed by atoms with Gasteiger partial charge < -0.3 is 9.88 Å². The summed E-state index contributed by atoms with van der Waals surface area (Å²) in [6.45, 7) is 2.78. The summed E-state index contributed by atoms with van der Waals surface area (Å²) in [5, 5.41) is 12.1. The third kappa shape index (κ3) is 4.79. The zero-order valence-electron chi connectivity index (χ0n) is 18.7. The van der Waals surface area contributed by atoms with Gasteiger partial charge in [-0.2, -0.15) is 13.2 Å². The average molecular weight is 479 g/mol. The van der Waals surface area contributed by atoms with Crippen LogP contribution in [0.3, 0.4) is 0 Å². The Morgan fingerprint density at radius 1 is 1.15 bits per heavy atom. The molecule has 0 aliphatic heterocycles. The first-order valence-electron chi connectivity index (χ1n) is 11.7. The molecule has 6 rings (SSSR count). The van der Waals surface area contributed by atoms with E-state index < -0.39 is 11.7 Å². The van der Waals surface area contributed by atoms with Crippen LogP contribution in [0, 0.1) is 23.2 Å². The molecule has 1 N–H and O–H groups in total. The highest BCUT2D eigenvalue weighted by Gasteiger charge is 2.51. The fourth-order valence-electron chi connectivity index (χ4n) is 6.82. The number of carbonyl (C=O) groups is 1. The predicted octanol–water partition coefficient (Wildman–Crippen LogP) is 5.81. The number of nitrogens with zero attached hydrogens (tertiary/aromatic N) is 3. The van der Waals surface area contributed by atoms with Gasteiger partial charge in [0.15, 0.2) is 5.16 Å². The number of nitrogens with one attached hydrogen (secondary N) is 1. The van der Waals surface area contributed by atoms with E-state index in [4.69, 9.17) is 0 Å². The van der Waals surface area contributed by atoms with Gasteiger partial charge >= 0.3 is 6.18 Å². The molecule has 0 spiro atoms. The van der Waals surface area contributed by atoms with Gasteiger partial charge in [0.05, 0.1) is 11.3 Å². The molecular formula is C24H29F3N4OS. The topological polar surface area (TPSA) is 59.8 Å². The van der Waals surface area contributed by atoms with Crippen molar-refractivity contribution in [3.05, 3.63) is 35.7 Å². The summed E-state index contributed by atoms with van der Waals surface area (Å²) in [6, 6.07) is 4.67. The van der Waals surface area contributed by atoms with Gasteiger partial charge in [-0.3, -0.25) is 4.79 Å². The number of thioether (sulfide) groups is 1. The van der Waals surface area contributed by atoms with E-state index in [0.717, 1.165) is 48.7 Å². The van der Waals surface area contributed by atoms with Crippen LogP contribution >= 0.6 is 11.8 Å². The Labute approximate surface area is 195 Å². The minimum Gasteiger partial charge on any atom is -0.325 e. The van der Waals surface area contributed by atoms with E-state index in [2.05, 4.69) is 27.0 Å². The molecule has 1 heterocycles. The van der Waals surface area contributed by atoms with E-state index in [1.165, 1.54) is 62.4 Å². The number of alkyl halides is 3. The summed E-state index contributed by atoms with van der Waals surface area (Å²) in [4.78, 5) is 12.4. The molecule has 4 saturated carbocycles. The van der Waals surface area contributed by atoms with E-state index in [9.17, 15) is 18.0 Å². The molecule has 1 aromatic heterocycles. The molecule has 4 aliphatic rings. The summed E-state index contributed by atoms with van der Waals surface area (Å²) in [7, 11) is 0. The largest absolute Gasteiger partial charge is 0.416 e. The lowest BCUT2D eigenvalue weighted by atomic mass is 9.49. The van der Waals surface area contributed by atoms with E-state index in [-0.39, 0.29) is 17.3 Å². The number of hydrogen-bond acceptors (Lipinski definition) is 4. The van der Waals surface area contributed by atoms with Crippen molar-refractivity contribution in [2.45, 2.75) is 69.7 Å². The van der Waals surface area contributed by atoms with Gasteiger partial charge in [0, 0.05) is 18.7 Å². The quantitative estimate of drug-likeness (QED) is 0.511. The Bertz CT molecular complexity index is 1000. The van der Waals surface area contributed by atoms with Crippen LogP contribution in [0.25, 0.3) is 0 Å². The van der Waals surface area contributed by atoms with Crippen molar-refractivity contribution in [3.8, 4) is 0 Å². The molecule has 4 bridgehead atoms. The molecular weight excluding hydrogens is 449 g/mol. The number of benzene rings is 1. The van der Waals surface area contributed by atoms with Crippen LogP contribution in [-0.2, 0) is 23.9 Å². The van der Waals surface area contributed by atoms with Gasteiger partial charge in [0.1, 0.15) is 5.82 Å². The number of halogens is 3.